The number of nitrogens with one attached hydrogen (secondary N) is 2. The molecular formula is C20H14ClN3O6S3. The zero-order valence-electron chi connectivity index (χ0n) is 16.4. The smallest absolute Gasteiger partial charge is 0.291 e. The molecule has 4 aromatic rings. The van der Waals surface area contributed by atoms with E-state index in [2.05, 4.69) is 15.0 Å². The van der Waals surface area contributed by atoms with Gasteiger partial charge >= 0.3 is 0 Å². The summed E-state index contributed by atoms with van der Waals surface area (Å²) in [6, 6.07) is 13.3. The van der Waals surface area contributed by atoms with E-state index in [1.54, 1.807) is 5.38 Å². The van der Waals surface area contributed by atoms with E-state index in [0.29, 0.717) is 5.02 Å². The molecule has 2 N–H and O–H groups in total. The Bertz CT molecular complexity index is 1500. The van der Waals surface area contributed by atoms with E-state index in [4.69, 9.17) is 16.0 Å². The predicted molar refractivity (Wildman–Crippen MR) is 123 cm³/mol. The van der Waals surface area contributed by atoms with E-state index in [9.17, 15) is 21.6 Å². The van der Waals surface area contributed by atoms with Gasteiger partial charge < -0.3 is 9.73 Å². The number of carbonyl (C=O) groups excluding carboxylic acids is 1. The highest BCUT2D eigenvalue weighted by Crippen LogP contribution is 2.25. The number of hydrogen-bond donors (Lipinski definition) is 2. The Balaban J connectivity index is 1.47. The number of thiazole rings is 1. The Labute approximate surface area is 198 Å². The number of sulfonamides is 1. The topological polar surface area (TPSA) is 135 Å². The molecule has 2 aromatic heterocycles. The first-order valence-electron chi connectivity index (χ1n) is 9.09. The molecule has 0 unspecified atom stereocenters. The summed E-state index contributed by atoms with van der Waals surface area (Å²) in [4.78, 5) is 16.3. The highest BCUT2D eigenvalue weighted by Gasteiger charge is 2.24. The average molecular weight is 524 g/mol. The number of hydrogen-bond acceptors (Lipinski definition) is 8. The summed E-state index contributed by atoms with van der Waals surface area (Å²) in [5.41, 5.74) is 0.284. The van der Waals surface area contributed by atoms with Crippen LogP contribution in [-0.2, 0) is 19.9 Å². The van der Waals surface area contributed by atoms with Crippen LogP contribution in [-0.4, -0.2) is 27.7 Å². The minimum atomic E-state index is -3.97. The summed E-state index contributed by atoms with van der Waals surface area (Å²) >= 11 is 6.93. The number of halogens is 1. The fraction of sp³-hybridized carbons (Fsp3) is 0. The standard InChI is InChI=1S/C20H14ClN3O6S3/c21-13-1-5-15(6-2-13)32(26,27)18-10-9-17(30-18)19(25)23-14-3-7-16(8-4-14)33(28,29)24-20-22-11-12-31-20/h1-12H,(H,22,24)(H,23,25). The average Bonchev–Trinajstić information content (AvgIpc) is 3.47. The van der Waals surface area contributed by atoms with Crippen molar-refractivity contribution in [1.29, 1.82) is 0 Å². The SMILES string of the molecule is O=C(Nc1ccc(S(=O)(=O)Nc2nccs2)cc1)c1ccc(S(=O)(=O)c2ccc(Cl)cc2)o1. The van der Waals surface area contributed by atoms with Crippen molar-refractivity contribution in [1.82, 2.24) is 4.98 Å². The maximum atomic E-state index is 12.6. The third-order valence-corrected chi connectivity index (χ3v) is 8.34. The third-order valence-electron chi connectivity index (χ3n) is 4.27. The highest BCUT2D eigenvalue weighted by atomic mass is 35.5. The van der Waals surface area contributed by atoms with Gasteiger partial charge in [-0.15, -0.1) is 11.3 Å². The van der Waals surface area contributed by atoms with E-state index in [1.165, 1.54) is 66.9 Å². The number of carbonyl (C=O) groups is 1. The van der Waals surface area contributed by atoms with Gasteiger partial charge in [0.15, 0.2) is 10.9 Å². The van der Waals surface area contributed by atoms with E-state index in [-0.39, 0.29) is 26.4 Å². The van der Waals surface area contributed by atoms with Crippen molar-refractivity contribution in [3.8, 4) is 0 Å². The number of amides is 1. The van der Waals surface area contributed by atoms with Gasteiger partial charge in [-0.25, -0.2) is 21.8 Å². The van der Waals surface area contributed by atoms with Crippen LogP contribution in [0.5, 0.6) is 0 Å². The molecule has 0 atom stereocenters. The first-order valence-corrected chi connectivity index (χ1v) is 13.3. The lowest BCUT2D eigenvalue weighted by Crippen LogP contribution is -2.14. The van der Waals surface area contributed by atoms with Crippen LogP contribution < -0.4 is 10.0 Å². The molecule has 0 saturated heterocycles. The zero-order valence-corrected chi connectivity index (χ0v) is 19.6. The van der Waals surface area contributed by atoms with Gasteiger partial charge in [-0.3, -0.25) is 9.52 Å². The third kappa shape index (κ3) is 5.09. The quantitative estimate of drug-likeness (QED) is 0.369. The molecule has 4 rings (SSSR count). The van der Waals surface area contributed by atoms with Gasteiger partial charge in [0.25, 0.3) is 15.9 Å². The van der Waals surface area contributed by atoms with Crippen LogP contribution in [0.25, 0.3) is 0 Å². The van der Waals surface area contributed by atoms with Gasteiger partial charge in [-0.2, -0.15) is 0 Å². The molecule has 170 valence electrons. The maximum Gasteiger partial charge on any atom is 0.291 e. The number of sulfone groups is 1. The molecule has 33 heavy (non-hydrogen) atoms. The van der Waals surface area contributed by atoms with Crippen molar-refractivity contribution < 1.29 is 26.0 Å². The van der Waals surface area contributed by atoms with Crippen molar-refractivity contribution in [2.24, 2.45) is 0 Å². The zero-order chi connectivity index (χ0) is 23.6. The van der Waals surface area contributed by atoms with Crippen molar-refractivity contribution >= 4 is 59.5 Å². The molecule has 9 nitrogen and oxygen atoms in total. The number of furan rings is 1. The summed E-state index contributed by atoms with van der Waals surface area (Å²) in [6.07, 6.45) is 1.47. The lowest BCUT2D eigenvalue weighted by atomic mass is 10.3. The minimum Gasteiger partial charge on any atom is -0.439 e. The molecule has 0 radical (unpaired) electrons. The van der Waals surface area contributed by atoms with Crippen LogP contribution >= 0.6 is 22.9 Å². The van der Waals surface area contributed by atoms with Crippen molar-refractivity contribution in [3.05, 3.63) is 83.0 Å². The van der Waals surface area contributed by atoms with Crippen LogP contribution in [0.2, 0.25) is 5.02 Å². The maximum absolute atomic E-state index is 12.6. The normalized spacial score (nSPS) is 11.8. The van der Waals surface area contributed by atoms with Gasteiger partial charge in [-0.1, -0.05) is 11.6 Å². The molecule has 0 aliphatic carbocycles. The van der Waals surface area contributed by atoms with Gasteiger partial charge in [0.05, 0.1) is 9.79 Å². The molecule has 0 aliphatic heterocycles. The lowest BCUT2D eigenvalue weighted by molar-refractivity contribution is 0.0991. The van der Waals surface area contributed by atoms with Crippen molar-refractivity contribution in [3.63, 3.8) is 0 Å². The monoisotopic (exact) mass is 523 g/mol. The Morgan fingerprint density at radius 1 is 0.909 bits per heavy atom. The highest BCUT2D eigenvalue weighted by molar-refractivity contribution is 7.93. The Kier molecular flexibility index (Phi) is 6.26. The van der Waals surface area contributed by atoms with Crippen molar-refractivity contribution in [2.45, 2.75) is 14.9 Å². The number of benzene rings is 2. The van der Waals surface area contributed by atoms with Crippen LogP contribution in [0, 0.1) is 0 Å². The predicted octanol–water partition coefficient (Wildman–Crippen LogP) is 4.28. The number of rotatable bonds is 7. The molecule has 1 amide bonds. The van der Waals surface area contributed by atoms with Crippen LogP contribution in [0.1, 0.15) is 10.6 Å². The second kappa shape index (κ2) is 8.98. The Morgan fingerprint density at radius 2 is 1.58 bits per heavy atom. The van der Waals surface area contributed by atoms with Crippen LogP contribution in [0.4, 0.5) is 10.8 Å². The second-order valence-corrected chi connectivity index (χ2v) is 11.4. The molecule has 0 fully saturated rings. The molecule has 0 spiro atoms. The molecule has 2 aromatic carbocycles. The van der Waals surface area contributed by atoms with Crippen LogP contribution in [0.15, 0.2) is 91.5 Å². The number of anilines is 2. The number of nitrogens with zero attached hydrogens (tertiary/aromatic N) is 1. The Morgan fingerprint density at radius 3 is 2.21 bits per heavy atom. The van der Waals surface area contributed by atoms with E-state index >= 15 is 0 Å². The van der Waals surface area contributed by atoms with Crippen molar-refractivity contribution in [2.75, 3.05) is 10.0 Å². The van der Waals surface area contributed by atoms with Gasteiger partial charge in [-0.05, 0) is 60.7 Å². The second-order valence-electron chi connectivity index (χ2n) is 6.50. The molecular weight excluding hydrogens is 510 g/mol. The molecule has 0 aliphatic rings. The number of aromatic nitrogens is 1. The first kappa shape index (κ1) is 23.0. The minimum absolute atomic E-state index is 0.0231. The van der Waals surface area contributed by atoms with E-state index in [1.807, 2.05) is 0 Å². The van der Waals surface area contributed by atoms with Gasteiger partial charge in [0, 0.05) is 22.3 Å². The fourth-order valence-corrected chi connectivity index (χ4v) is 5.76. The summed E-state index contributed by atoms with van der Waals surface area (Å²) in [5.74, 6) is -0.936. The van der Waals surface area contributed by atoms with Gasteiger partial charge in [0.2, 0.25) is 14.9 Å². The first-order chi connectivity index (χ1) is 15.6. The molecule has 0 saturated carbocycles. The fourth-order valence-electron chi connectivity index (χ4n) is 2.67. The largest absolute Gasteiger partial charge is 0.439 e. The van der Waals surface area contributed by atoms with E-state index < -0.39 is 30.9 Å². The molecule has 13 heteroatoms. The molecule has 2 heterocycles. The van der Waals surface area contributed by atoms with Gasteiger partial charge in [0.1, 0.15) is 0 Å². The summed E-state index contributed by atoms with van der Waals surface area (Å²) < 4.78 is 57.7. The van der Waals surface area contributed by atoms with E-state index in [0.717, 1.165) is 11.3 Å². The van der Waals surface area contributed by atoms with Crippen LogP contribution in [0.3, 0.4) is 0 Å². The Hall–Kier alpha value is -3.19. The summed E-state index contributed by atoms with van der Waals surface area (Å²) in [6.45, 7) is 0. The lowest BCUT2D eigenvalue weighted by Gasteiger charge is -2.07. The molecule has 0 bridgehead atoms. The summed E-state index contributed by atoms with van der Waals surface area (Å²) in [7, 11) is -7.80. The summed E-state index contributed by atoms with van der Waals surface area (Å²) in [5, 5.41) is 4.37.